The molecule has 0 radical (unpaired) electrons. The van der Waals surface area contributed by atoms with Crippen LogP contribution in [-0.4, -0.2) is 21.0 Å². The molecule has 7 heteroatoms. The van der Waals surface area contributed by atoms with Crippen LogP contribution < -0.4 is 5.73 Å². The van der Waals surface area contributed by atoms with Crippen molar-refractivity contribution in [1.82, 2.24) is 4.98 Å². The topological polar surface area (TPSA) is 119 Å². The molecule has 2 aromatic rings. The molecule has 0 aliphatic carbocycles. The maximum atomic E-state index is 10.9. The first-order valence-corrected chi connectivity index (χ1v) is 4.99. The molecule has 0 bridgehead atoms. The quantitative estimate of drug-likeness (QED) is 0.616. The first-order chi connectivity index (χ1) is 8.41. The van der Waals surface area contributed by atoms with Crippen LogP contribution in [0.25, 0.3) is 10.9 Å². The molecule has 92 valence electrons. The van der Waals surface area contributed by atoms with E-state index in [9.17, 15) is 14.9 Å². The number of carboxylic acid groups (broad SMARTS) is 1. The van der Waals surface area contributed by atoms with Gasteiger partial charge in [-0.05, 0) is 18.6 Å². The number of anilines is 1. The normalized spacial score (nSPS) is 10.5. The summed E-state index contributed by atoms with van der Waals surface area (Å²) in [6.45, 7) is 1.61. The molecule has 3 N–H and O–H groups in total. The van der Waals surface area contributed by atoms with Crippen molar-refractivity contribution in [1.29, 1.82) is 0 Å². The van der Waals surface area contributed by atoms with Crippen molar-refractivity contribution in [3.05, 3.63) is 39.6 Å². The molecule has 1 heterocycles. The number of nitrogens with two attached hydrogens (primary N) is 1. The van der Waals surface area contributed by atoms with Gasteiger partial charge in [0.2, 0.25) is 0 Å². The zero-order valence-electron chi connectivity index (χ0n) is 9.38. The molecule has 1 aromatic carbocycles. The number of nitro groups is 1. The molecule has 0 atom stereocenters. The molecule has 0 unspecified atom stereocenters. The standard InChI is InChI=1S/C11H9N3O4/c1-5-7-4-6(14(17)18)2-3-8(7)13-10(9(5)12)11(15)16/h2-4H,12H2,1H3,(H,15,16). The third kappa shape index (κ3) is 1.71. The van der Waals surface area contributed by atoms with Crippen LogP contribution in [0.15, 0.2) is 18.2 Å². The number of pyridine rings is 1. The Balaban J connectivity index is 2.82. The van der Waals surface area contributed by atoms with Crippen LogP contribution in [0.4, 0.5) is 11.4 Å². The Bertz CT molecular complexity index is 682. The Hall–Kier alpha value is -2.70. The monoisotopic (exact) mass is 247 g/mol. The van der Waals surface area contributed by atoms with E-state index in [2.05, 4.69) is 4.98 Å². The molecule has 18 heavy (non-hydrogen) atoms. The lowest BCUT2D eigenvalue weighted by Gasteiger charge is -2.08. The Morgan fingerprint density at radius 1 is 1.50 bits per heavy atom. The average Bonchev–Trinajstić information content (AvgIpc) is 2.32. The predicted octanol–water partition coefficient (Wildman–Crippen LogP) is 1.73. The summed E-state index contributed by atoms with van der Waals surface area (Å²) < 4.78 is 0. The van der Waals surface area contributed by atoms with Gasteiger partial charge in [-0.25, -0.2) is 9.78 Å². The lowest BCUT2D eigenvalue weighted by atomic mass is 10.1. The fourth-order valence-corrected chi connectivity index (χ4v) is 1.70. The minimum Gasteiger partial charge on any atom is -0.476 e. The van der Waals surface area contributed by atoms with Crippen molar-refractivity contribution in [3.63, 3.8) is 0 Å². The number of hydrogen-bond donors (Lipinski definition) is 2. The molecule has 0 saturated heterocycles. The number of hydrogen-bond acceptors (Lipinski definition) is 5. The summed E-state index contributed by atoms with van der Waals surface area (Å²) in [5, 5.41) is 20.1. The van der Waals surface area contributed by atoms with Gasteiger partial charge in [0.1, 0.15) is 0 Å². The number of nitrogens with zero attached hydrogens (tertiary/aromatic N) is 2. The third-order valence-electron chi connectivity index (χ3n) is 2.69. The molecular weight excluding hydrogens is 238 g/mol. The summed E-state index contributed by atoms with van der Waals surface area (Å²) in [7, 11) is 0. The number of benzene rings is 1. The number of carbonyl (C=O) groups is 1. The number of aromatic nitrogens is 1. The number of aryl methyl sites for hydroxylation is 1. The summed E-state index contributed by atoms with van der Waals surface area (Å²) in [6, 6.07) is 4.02. The van der Waals surface area contributed by atoms with Crippen LogP contribution in [0.1, 0.15) is 16.1 Å². The van der Waals surface area contributed by atoms with E-state index in [1.807, 2.05) is 0 Å². The van der Waals surface area contributed by atoms with E-state index in [-0.39, 0.29) is 17.1 Å². The van der Waals surface area contributed by atoms with Gasteiger partial charge >= 0.3 is 5.97 Å². The van der Waals surface area contributed by atoms with Gasteiger partial charge in [-0.3, -0.25) is 10.1 Å². The summed E-state index contributed by atoms with van der Waals surface area (Å²) in [5.74, 6) is -1.23. The van der Waals surface area contributed by atoms with E-state index < -0.39 is 10.9 Å². The third-order valence-corrected chi connectivity index (χ3v) is 2.69. The zero-order valence-corrected chi connectivity index (χ0v) is 9.38. The number of rotatable bonds is 2. The molecule has 0 saturated carbocycles. The van der Waals surface area contributed by atoms with Gasteiger partial charge < -0.3 is 10.8 Å². The Morgan fingerprint density at radius 3 is 2.72 bits per heavy atom. The fourth-order valence-electron chi connectivity index (χ4n) is 1.70. The van der Waals surface area contributed by atoms with Crippen LogP contribution in [0, 0.1) is 17.0 Å². The molecule has 0 aliphatic heterocycles. The number of non-ortho nitro benzene ring substituents is 1. The molecular formula is C11H9N3O4. The van der Waals surface area contributed by atoms with E-state index in [0.29, 0.717) is 16.5 Å². The van der Waals surface area contributed by atoms with E-state index in [1.165, 1.54) is 18.2 Å². The van der Waals surface area contributed by atoms with Crippen LogP contribution in [0.3, 0.4) is 0 Å². The lowest BCUT2D eigenvalue weighted by molar-refractivity contribution is -0.384. The van der Waals surface area contributed by atoms with E-state index in [0.717, 1.165) is 0 Å². The van der Waals surface area contributed by atoms with Gasteiger partial charge in [-0.2, -0.15) is 0 Å². The van der Waals surface area contributed by atoms with Crippen LogP contribution >= 0.6 is 0 Å². The molecule has 0 amide bonds. The van der Waals surface area contributed by atoms with Gasteiger partial charge in [0.25, 0.3) is 5.69 Å². The first kappa shape index (κ1) is 11.8. The average molecular weight is 247 g/mol. The highest BCUT2D eigenvalue weighted by Crippen LogP contribution is 2.27. The van der Waals surface area contributed by atoms with E-state index in [4.69, 9.17) is 10.8 Å². The highest BCUT2D eigenvalue weighted by Gasteiger charge is 2.17. The minimum atomic E-state index is -1.23. The summed E-state index contributed by atoms with van der Waals surface area (Å²) >= 11 is 0. The van der Waals surface area contributed by atoms with Gasteiger partial charge in [-0.1, -0.05) is 0 Å². The van der Waals surface area contributed by atoms with Crippen LogP contribution in [0.5, 0.6) is 0 Å². The lowest BCUT2D eigenvalue weighted by Crippen LogP contribution is -2.08. The Labute approximate surface area is 101 Å². The van der Waals surface area contributed by atoms with E-state index >= 15 is 0 Å². The summed E-state index contributed by atoms with van der Waals surface area (Å²) in [4.78, 5) is 25.0. The van der Waals surface area contributed by atoms with Gasteiger partial charge in [0.15, 0.2) is 5.69 Å². The van der Waals surface area contributed by atoms with Crippen LogP contribution in [0.2, 0.25) is 0 Å². The van der Waals surface area contributed by atoms with Crippen molar-refractivity contribution < 1.29 is 14.8 Å². The number of carboxylic acids is 1. The van der Waals surface area contributed by atoms with Gasteiger partial charge in [0.05, 0.1) is 16.1 Å². The zero-order chi connectivity index (χ0) is 13.4. The Kier molecular flexibility index (Phi) is 2.59. The fraction of sp³-hybridized carbons (Fsp3) is 0.0909. The highest BCUT2D eigenvalue weighted by molar-refractivity contribution is 5.98. The minimum absolute atomic E-state index is 0.0236. The second-order valence-electron chi connectivity index (χ2n) is 3.76. The smallest absolute Gasteiger partial charge is 0.356 e. The predicted molar refractivity (Wildman–Crippen MR) is 64.5 cm³/mol. The van der Waals surface area contributed by atoms with Crippen molar-refractivity contribution in [2.45, 2.75) is 6.92 Å². The maximum absolute atomic E-state index is 10.9. The molecule has 0 aliphatic rings. The number of fused-ring (bicyclic) bond motifs is 1. The van der Waals surface area contributed by atoms with Crippen molar-refractivity contribution in [3.8, 4) is 0 Å². The van der Waals surface area contributed by atoms with Gasteiger partial charge in [0, 0.05) is 17.5 Å². The van der Waals surface area contributed by atoms with Crippen molar-refractivity contribution in [2.75, 3.05) is 5.73 Å². The Morgan fingerprint density at radius 2 is 2.17 bits per heavy atom. The van der Waals surface area contributed by atoms with Gasteiger partial charge in [-0.15, -0.1) is 0 Å². The summed E-state index contributed by atoms with van der Waals surface area (Å²) in [5.41, 5.74) is 6.20. The molecule has 2 rings (SSSR count). The molecule has 1 aromatic heterocycles. The summed E-state index contributed by atoms with van der Waals surface area (Å²) in [6.07, 6.45) is 0. The molecule has 7 nitrogen and oxygen atoms in total. The molecule has 0 spiro atoms. The second kappa shape index (κ2) is 3.95. The first-order valence-electron chi connectivity index (χ1n) is 4.99. The SMILES string of the molecule is Cc1c(N)c(C(=O)O)nc2ccc([N+](=O)[O-])cc12. The largest absolute Gasteiger partial charge is 0.476 e. The van der Waals surface area contributed by atoms with E-state index in [1.54, 1.807) is 6.92 Å². The number of nitrogen functional groups attached to an aromatic ring is 1. The maximum Gasteiger partial charge on any atom is 0.356 e. The molecule has 0 fully saturated rings. The number of aromatic carboxylic acids is 1. The second-order valence-corrected chi connectivity index (χ2v) is 3.76. The van der Waals surface area contributed by atoms with Crippen LogP contribution in [-0.2, 0) is 0 Å². The number of nitro benzene ring substituents is 1. The van der Waals surface area contributed by atoms with Crippen molar-refractivity contribution in [2.24, 2.45) is 0 Å². The highest BCUT2D eigenvalue weighted by atomic mass is 16.6. The van der Waals surface area contributed by atoms with Crippen molar-refractivity contribution >= 4 is 28.2 Å².